The van der Waals surface area contributed by atoms with Crippen molar-refractivity contribution in [2.24, 2.45) is 0 Å². The molecule has 1 saturated heterocycles. The average molecular weight is 249 g/mol. The fraction of sp³-hybridized carbons (Fsp3) is 0.571. The molecule has 0 aliphatic carbocycles. The van der Waals surface area contributed by atoms with E-state index in [1.54, 1.807) is 0 Å². The molecule has 0 radical (unpaired) electrons. The summed E-state index contributed by atoms with van der Waals surface area (Å²) in [5, 5.41) is 0. The Labute approximate surface area is 105 Å². The molecule has 3 rings (SSSR count). The number of hydrogen-bond donors (Lipinski definition) is 0. The second-order valence-electron chi connectivity index (χ2n) is 5.20. The van der Waals surface area contributed by atoms with Crippen LogP contribution in [0.25, 0.3) is 0 Å². The molecule has 17 heavy (non-hydrogen) atoms. The van der Waals surface area contributed by atoms with E-state index in [1.165, 1.54) is 18.4 Å². The van der Waals surface area contributed by atoms with Gasteiger partial charge in [-0.3, -0.25) is 4.21 Å². The van der Waals surface area contributed by atoms with Gasteiger partial charge in [-0.2, -0.15) is 0 Å². The van der Waals surface area contributed by atoms with Gasteiger partial charge in [0.15, 0.2) is 0 Å². The van der Waals surface area contributed by atoms with Gasteiger partial charge < -0.3 is 4.90 Å². The van der Waals surface area contributed by atoms with E-state index in [0.717, 1.165) is 30.3 Å². The summed E-state index contributed by atoms with van der Waals surface area (Å²) in [5.41, 5.74) is 1.58. The lowest BCUT2D eigenvalue weighted by Crippen LogP contribution is -2.43. The molecule has 1 atom stereocenters. The molecule has 1 unspecified atom stereocenters. The van der Waals surface area contributed by atoms with E-state index in [9.17, 15) is 4.21 Å². The number of rotatable bonds is 1. The SMILES string of the molecule is CCN1CCC2(CC1)CS(=O)c1ccccc12. The second kappa shape index (κ2) is 4.21. The molecule has 3 heteroatoms. The number of piperidine rings is 1. The van der Waals surface area contributed by atoms with Crippen LogP contribution in [0.4, 0.5) is 0 Å². The number of fused-ring (bicyclic) bond motifs is 2. The van der Waals surface area contributed by atoms with Crippen LogP contribution in [0.2, 0.25) is 0 Å². The molecule has 0 N–H and O–H groups in total. The molecule has 0 saturated carbocycles. The van der Waals surface area contributed by atoms with E-state index in [1.807, 2.05) is 12.1 Å². The fourth-order valence-corrected chi connectivity index (χ4v) is 5.08. The monoisotopic (exact) mass is 249 g/mol. The van der Waals surface area contributed by atoms with Crippen molar-refractivity contribution in [3.8, 4) is 0 Å². The Morgan fingerprint density at radius 3 is 2.71 bits per heavy atom. The van der Waals surface area contributed by atoms with Gasteiger partial charge in [0.05, 0.1) is 10.8 Å². The molecule has 1 fully saturated rings. The molecule has 2 aliphatic heterocycles. The van der Waals surface area contributed by atoms with Gasteiger partial charge in [0, 0.05) is 16.1 Å². The minimum absolute atomic E-state index is 0.215. The van der Waals surface area contributed by atoms with Crippen LogP contribution in [0.5, 0.6) is 0 Å². The zero-order valence-electron chi connectivity index (χ0n) is 10.3. The molecule has 1 aromatic carbocycles. The maximum atomic E-state index is 12.2. The molecule has 1 aromatic rings. The van der Waals surface area contributed by atoms with Crippen molar-refractivity contribution in [3.05, 3.63) is 29.8 Å². The highest BCUT2D eigenvalue weighted by molar-refractivity contribution is 7.85. The number of nitrogens with zero attached hydrogens (tertiary/aromatic N) is 1. The van der Waals surface area contributed by atoms with Gasteiger partial charge in [-0.05, 0) is 44.1 Å². The van der Waals surface area contributed by atoms with Crippen LogP contribution >= 0.6 is 0 Å². The predicted octanol–water partition coefficient (Wildman–Crippen LogP) is 2.16. The summed E-state index contributed by atoms with van der Waals surface area (Å²) in [4.78, 5) is 3.59. The highest BCUT2D eigenvalue weighted by Crippen LogP contribution is 2.44. The average Bonchev–Trinajstić information content (AvgIpc) is 2.65. The Morgan fingerprint density at radius 1 is 1.29 bits per heavy atom. The van der Waals surface area contributed by atoms with Gasteiger partial charge in [0.1, 0.15) is 0 Å². The van der Waals surface area contributed by atoms with Gasteiger partial charge in [0.2, 0.25) is 0 Å². The summed E-state index contributed by atoms with van der Waals surface area (Å²) in [6, 6.07) is 8.35. The summed E-state index contributed by atoms with van der Waals surface area (Å²) in [6.45, 7) is 5.67. The normalized spacial score (nSPS) is 27.2. The molecule has 92 valence electrons. The Morgan fingerprint density at radius 2 is 2.00 bits per heavy atom. The van der Waals surface area contributed by atoms with Crippen molar-refractivity contribution in [1.82, 2.24) is 4.90 Å². The smallest absolute Gasteiger partial charge is 0.0541 e. The van der Waals surface area contributed by atoms with Crippen LogP contribution in [0.15, 0.2) is 29.2 Å². The third-order valence-electron chi connectivity index (χ3n) is 4.37. The van der Waals surface area contributed by atoms with E-state index in [0.29, 0.717) is 0 Å². The van der Waals surface area contributed by atoms with E-state index in [-0.39, 0.29) is 5.41 Å². The maximum absolute atomic E-state index is 12.2. The quantitative estimate of drug-likeness (QED) is 0.760. The molecule has 2 nitrogen and oxygen atoms in total. The molecule has 2 aliphatic rings. The van der Waals surface area contributed by atoms with Gasteiger partial charge in [-0.15, -0.1) is 0 Å². The van der Waals surface area contributed by atoms with Gasteiger partial charge in [-0.1, -0.05) is 25.1 Å². The Hall–Kier alpha value is -0.670. The lowest BCUT2D eigenvalue weighted by molar-refractivity contribution is 0.179. The summed E-state index contributed by atoms with van der Waals surface area (Å²) in [6.07, 6.45) is 2.34. The van der Waals surface area contributed by atoms with Crippen molar-refractivity contribution in [1.29, 1.82) is 0 Å². The summed E-state index contributed by atoms with van der Waals surface area (Å²) < 4.78 is 12.2. The van der Waals surface area contributed by atoms with Crippen LogP contribution < -0.4 is 0 Å². The van der Waals surface area contributed by atoms with E-state index >= 15 is 0 Å². The molecular formula is C14H19NOS. The zero-order chi connectivity index (χ0) is 11.9. The summed E-state index contributed by atoms with van der Waals surface area (Å²) in [5.74, 6) is 0.851. The van der Waals surface area contributed by atoms with Crippen molar-refractivity contribution in [3.63, 3.8) is 0 Å². The first kappa shape index (κ1) is 11.4. The van der Waals surface area contributed by atoms with Crippen molar-refractivity contribution < 1.29 is 4.21 Å². The number of benzene rings is 1. The Kier molecular flexibility index (Phi) is 2.83. The Bertz CT molecular complexity index is 449. The molecule has 0 bridgehead atoms. The van der Waals surface area contributed by atoms with Crippen LogP contribution in [0, 0.1) is 0 Å². The van der Waals surface area contributed by atoms with Crippen LogP contribution in [-0.4, -0.2) is 34.5 Å². The topological polar surface area (TPSA) is 20.3 Å². The van der Waals surface area contributed by atoms with Gasteiger partial charge in [-0.25, -0.2) is 0 Å². The second-order valence-corrected chi connectivity index (χ2v) is 6.62. The van der Waals surface area contributed by atoms with Crippen LogP contribution in [-0.2, 0) is 16.2 Å². The fourth-order valence-electron chi connectivity index (χ4n) is 3.22. The van der Waals surface area contributed by atoms with Gasteiger partial charge >= 0.3 is 0 Å². The van der Waals surface area contributed by atoms with Gasteiger partial charge in [0.25, 0.3) is 0 Å². The van der Waals surface area contributed by atoms with Crippen LogP contribution in [0.1, 0.15) is 25.3 Å². The highest BCUT2D eigenvalue weighted by atomic mass is 32.2. The lowest BCUT2D eigenvalue weighted by Gasteiger charge is -2.39. The third kappa shape index (κ3) is 1.76. The number of hydrogen-bond acceptors (Lipinski definition) is 2. The molecular weight excluding hydrogens is 230 g/mol. The highest BCUT2D eigenvalue weighted by Gasteiger charge is 2.44. The Balaban J connectivity index is 1.93. The largest absolute Gasteiger partial charge is 0.304 e. The van der Waals surface area contributed by atoms with Crippen LogP contribution in [0.3, 0.4) is 0 Å². The molecule has 1 spiro atoms. The predicted molar refractivity (Wildman–Crippen MR) is 70.7 cm³/mol. The van der Waals surface area contributed by atoms with Crippen molar-refractivity contribution >= 4 is 10.8 Å². The minimum Gasteiger partial charge on any atom is -0.304 e. The first-order chi connectivity index (χ1) is 8.25. The first-order valence-corrected chi connectivity index (χ1v) is 7.77. The molecule has 2 heterocycles. The molecule has 0 aromatic heterocycles. The van der Waals surface area contributed by atoms with E-state index < -0.39 is 10.8 Å². The standard InChI is InChI=1S/C14H19NOS/c1-2-15-9-7-14(8-10-15)11-17(16)13-6-4-3-5-12(13)14/h3-6H,2,7-11H2,1H3. The van der Waals surface area contributed by atoms with E-state index in [4.69, 9.17) is 0 Å². The lowest BCUT2D eigenvalue weighted by atomic mass is 9.74. The van der Waals surface area contributed by atoms with Crippen molar-refractivity contribution in [2.75, 3.05) is 25.4 Å². The summed E-state index contributed by atoms with van der Waals surface area (Å²) >= 11 is 0. The maximum Gasteiger partial charge on any atom is 0.0541 e. The van der Waals surface area contributed by atoms with Crippen molar-refractivity contribution in [2.45, 2.75) is 30.1 Å². The first-order valence-electron chi connectivity index (χ1n) is 6.45. The minimum atomic E-state index is -0.766. The third-order valence-corrected chi connectivity index (χ3v) is 6.03. The zero-order valence-corrected chi connectivity index (χ0v) is 11.1. The summed E-state index contributed by atoms with van der Waals surface area (Å²) in [7, 11) is -0.766. The molecule has 0 amide bonds. The van der Waals surface area contributed by atoms with E-state index in [2.05, 4.69) is 24.0 Å². The number of likely N-dealkylation sites (tertiary alicyclic amines) is 1.